The lowest BCUT2D eigenvalue weighted by Gasteiger charge is -2.40. The molecular formula is C12H18O3. The fourth-order valence-electron chi connectivity index (χ4n) is 2.68. The maximum Gasteiger partial charge on any atom is 0.331 e. The van der Waals surface area contributed by atoms with Gasteiger partial charge in [0.1, 0.15) is 5.60 Å². The monoisotopic (exact) mass is 210 g/mol. The van der Waals surface area contributed by atoms with Crippen molar-refractivity contribution in [2.24, 2.45) is 11.8 Å². The molecule has 1 N–H and O–H groups in total. The maximum absolute atomic E-state index is 11.3. The highest BCUT2D eigenvalue weighted by molar-refractivity contribution is 5.86. The first kappa shape index (κ1) is 10.7. The highest BCUT2D eigenvalue weighted by atomic mass is 16.6. The van der Waals surface area contributed by atoms with E-state index in [2.05, 4.69) is 13.8 Å². The second-order valence-electron chi connectivity index (χ2n) is 5.21. The van der Waals surface area contributed by atoms with Crippen LogP contribution in [-0.2, 0) is 9.53 Å². The zero-order valence-corrected chi connectivity index (χ0v) is 9.49. The van der Waals surface area contributed by atoms with Gasteiger partial charge < -0.3 is 9.84 Å². The lowest BCUT2D eigenvalue weighted by Crippen LogP contribution is -2.46. The van der Waals surface area contributed by atoms with Gasteiger partial charge >= 0.3 is 5.97 Å². The summed E-state index contributed by atoms with van der Waals surface area (Å²) < 4.78 is 5.18. The molecule has 2 aliphatic rings. The minimum atomic E-state index is -0.886. The zero-order valence-electron chi connectivity index (χ0n) is 9.49. The van der Waals surface area contributed by atoms with Gasteiger partial charge in [-0.1, -0.05) is 13.8 Å². The molecule has 1 saturated carbocycles. The normalized spacial score (nSPS) is 40.1. The number of hydrogen-bond donors (Lipinski definition) is 1. The van der Waals surface area contributed by atoms with Gasteiger partial charge in [0.05, 0.1) is 0 Å². The van der Waals surface area contributed by atoms with Crippen LogP contribution in [0, 0.1) is 11.8 Å². The predicted molar refractivity (Wildman–Crippen MR) is 56.1 cm³/mol. The van der Waals surface area contributed by atoms with Crippen LogP contribution in [-0.4, -0.2) is 22.8 Å². The molecule has 3 heteroatoms. The largest absolute Gasteiger partial charge is 0.452 e. The first-order valence-corrected chi connectivity index (χ1v) is 5.56. The second kappa shape index (κ2) is 3.34. The minimum absolute atomic E-state index is 0.303. The first-order chi connectivity index (χ1) is 6.92. The third-order valence-electron chi connectivity index (χ3n) is 3.58. The quantitative estimate of drug-likeness (QED) is 0.669. The van der Waals surface area contributed by atoms with Gasteiger partial charge in [-0.2, -0.15) is 0 Å². The van der Waals surface area contributed by atoms with Crippen LogP contribution in [0.1, 0.15) is 33.6 Å². The summed E-state index contributed by atoms with van der Waals surface area (Å²) in [4.78, 5) is 11.3. The van der Waals surface area contributed by atoms with Crippen LogP contribution < -0.4 is 0 Å². The van der Waals surface area contributed by atoms with Crippen molar-refractivity contribution in [3.05, 3.63) is 11.6 Å². The summed E-state index contributed by atoms with van der Waals surface area (Å²) in [6.07, 6.45) is 2.80. The van der Waals surface area contributed by atoms with Crippen LogP contribution in [0.2, 0.25) is 0 Å². The van der Waals surface area contributed by atoms with Gasteiger partial charge in [-0.3, -0.25) is 0 Å². The average molecular weight is 210 g/mol. The first-order valence-electron chi connectivity index (χ1n) is 5.56. The van der Waals surface area contributed by atoms with Gasteiger partial charge in [-0.25, -0.2) is 4.79 Å². The molecule has 0 bridgehead atoms. The van der Waals surface area contributed by atoms with Crippen molar-refractivity contribution in [2.75, 3.05) is 0 Å². The molecular weight excluding hydrogens is 192 g/mol. The van der Waals surface area contributed by atoms with E-state index in [4.69, 9.17) is 4.74 Å². The number of ether oxygens (including phenoxy) is 1. The average Bonchev–Trinajstić information content (AvgIpc) is 2.47. The summed E-state index contributed by atoms with van der Waals surface area (Å²) in [5.74, 6) is 0.564. The smallest absolute Gasteiger partial charge is 0.331 e. The van der Waals surface area contributed by atoms with Crippen molar-refractivity contribution in [3.8, 4) is 0 Å². The molecule has 1 fully saturated rings. The second-order valence-corrected chi connectivity index (χ2v) is 5.21. The van der Waals surface area contributed by atoms with Crippen LogP contribution in [0.4, 0.5) is 0 Å². The molecule has 84 valence electrons. The van der Waals surface area contributed by atoms with E-state index < -0.39 is 11.7 Å². The Balaban J connectivity index is 2.31. The van der Waals surface area contributed by atoms with E-state index in [1.54, 1.807) is 13.0 Å². The van der Waals surface area contributed by atoms with Gasteiger partial charge in [0.25, 0.3) is 0 Å². The molecule has 3 nitrogen and oxygen atoms in total. The topological polar surface area (TPSA) is 46.5 Å². The number of aliphatic hydroxyl groups is 1. The van der Waals surface area contributed by atoms with Gasteiger partial charge in [0, 0.05) is 6.08 Å². The van der Waals surface area contributed by atoms with E-state index in [0.29, 0.717) is 18.3 Å². The SMILES string of the molecule is CC(C)[C@@H]1CC[C@](C)(O)[C@H]2OC(=O)C=C12. The van der Waals surface area contributed by atoms with Gasteiger partial charge in [-0.05, 0) is 37.2 Å². The minimum Gasteiger partial charge on any atom is -0.452 e. The lowest BCUT2D eigenvalue weighted by molar-refractivity contribution is -0.152. The molecule has 2 rings (SSSR count). The van der Waals surface area contributed by atoms with Crippen molar-refractivity contribution < 1.29 is 14.6 Å². The molecule has 1 aliphatic carbocycles. The molecule has 0 amide bonds. The molecule has 0 aromatic rings. The Morgan fingerprint density at radius 1 is 1.60 bits per heavy atom. The fraction of sp³-hybridized carbons (Fsp3) is 0.750. The Morgan fingerprint density at radius 3 is 2.87 bits per heavy atom. The Labute approximate surface area is 90.1 Å². The predicted octanol–water partition coefficient (Wildman–Crippen LogP) is 1.66. The van der Waals surface area contributed by atoms with Crippen molar-refractivity contribution in [1.82, 2.24) is 0 Å². The van der Waals surface area contributed by atoms with Crippen LogP contribution >= 0.6 is 0 Å². The summed E-state index contributed by atoms with van der Waals surface area (Å²) >= 11 is 0. The van der Waals surface area contributed by atoms with Gasteiger partial charge in [-0.15, -0.1) is 0 Å². The van der Waals surface area contributed by atoms with E-state index in [9.17, 15) is 9.90 Å². The van der Waals surface area contributed by atoms with E-state index in [1.807, 2.05) is 0 Å². The molecule has 1 heterocycles. The van der Waals surface area contributed by atoms with Crippen LogP contribution in [0.15, 0.2) is 11.6 Å². The molecule has 0 spiro atoms. The molecule has 0 aromatic carbocycles. The summed E-state index contributed by atoms with van der Waals surface area (Å²) in [5, 5.41) is 10.1. The highest BCUT2D eigenvalue weighted by Gasteiger charge is 2.48. The maximum atomic E-state index is 11.3. The standard InChI is InChI=1S/C12H18O3/c1-7(2)8-4-5-12(3,14)11-9(8)6-10(13)15-11/h6-8,11,14H,4-5H2,1-3H3/t8-,11-,12-/m0/s1. The number of carbonyl (C=O) groups is 1. The van der Waals surface area contributed by atoms with Crippen molar-refractivity contribution in [1.29, 1.82) is 0 Å². The summed E-state index contributed by atoms with van der Waals surface area (Å²) in [6.45, 7) is 6.04. The van der Waals surface area contributed by atoms with Crippen LogP contribution in [0.5, 0.6) is 0 Å². The number of hydrogen-bond acceptors (Lipinski definition) is 3. The van der Waals surface area contributed by atoms with Gasteiger partial charge in [0.15, 0.2) is 6.10 Å². The third kappa shape index (κ3) is 1.69. The summed E-state index contributed by atoms with van der Waals surface area (Å²) in [6, 6.07) is 0. The Bertz CT molecular complexity index is 315. The molecule has 0 unspecified atom stereocenters. The van der Waals surface area contributed by atoms with Crippen molar-refractivity contribution in [3.63, 3.8) is 0 Å². The Morgan fingerprint density at radius 2 is 2.27 bits per heavy atom. The number of esters is 1. The Kier molecular flexibility index (Phi) is 2.38. The third-order valence-corrected chi connectivity index (χ3v) is 3.58. The van der Waals surface area contributed by atoms with E-state index in [0.717, 1.165) is 12.0 Å². The number of carbonyl (C=O) groups excluding carboxylic acids is 1. The zero-order chi connectivity index (χ0) is 11.2. The molecule has 1 aliphatic heterocycles. The summed E-state index contributed by atoms with van der Waals surface area (Å²) in [5.41, 5.74) is 0.106. The van der Waals surface area contributed by atoms with Gasteiger partial charge in [0.2, 0.25) is 0 Å². The van der Waals surface area contributed by atoms with E-state index in [1.165, 1.54) is 0 Å². The highest BCUT2D eigenvalue weighted by Crippen LogP contribution is 2.43. The fourth-order valence-corrected chi connectivity index (χ4v) is 2.68. The van der Waals surface area contributed by atoms with Crippen molar-refractivity contribution >= 4 is 5.97 Å². The van der Waals surface area contributed by atoms with Crippen LogP contribution in [0.3, 0.4) is 0 Å². The lowest BCUT2D eigenvalue weighted by atomic mass is 9.70. The molecule has 15 heavy (non-hydrogen) atoms. The molecule has 0 saturated heterocycles. The van der Waals surface area contributed by atoms with E-state index in [-0.39, 0.29) is 5.97 Å². The Hall–Kier alpha value is -0.830. The summed E-state index contributed by atoms with van der Waals surface area (Å²) in [7, 11) is 0. The van der Waals surface area contributed by atoms with Crippen LogP contribution in [0.25, 0.3) is 0 Å². The molecule has 0 radical (unpaired) electrons. The number of rotatable bonds is 1. The molecule has 0 aromatic heterocycles. The number of fused-ring (bicyclic) bond motifs is 1. The van der Waals surface area contributed by atoms with Crippen molar-refractivity contribution in [2.45, 2.75) is 45.3 Å². The van der Waals surface area contributed by atoms with E-state index >= 15 is 0 Å². The molecule has 3 atom stereocenters.